The van der Waals surface area contributed by atoms with Crippen molar-refractivity contribution in [2.24, 2.45) is 0 Å². The summed E-state index contributed by atoms with van der Waals surface area (Å²) >= 11 is 0. The topological polar surface area (TPSA) is 65.7 Å². The first kappa shape index (κ1) is 14.6. The van der Waals surface area contributed by atoms with Crippen molar-refractivity contribution in [2.75, 3.05) is 6.61 Å². The first-order chi connectivity index (χ1) is 10.6. The van der Waals surface area contributed by atoms with Gasteiger partial charge in [-0.05, 0) is 44.9 Å². The van der Waals surface area contributed by atoms with Gasteiger partial charge in [0.2, 0.25) is 5.76 Å². The van der Waals surface area contributed by atoms with E-state index in [0.29, 0.717) is 30.6 Å². The number of Topliss-reactive ketones (excluding diaryl/α,β-unsaturated/α-hetero) is 1. The number of carbonyl (C=O) groups is 2. The zero-order chi connectivity index (χ0) is 15.7. The minimum absolute atomic E-state index is 0.0132. The van der Waals surface area contributed by atoms with Crippen LogP contribution in [0.3, 0.4) is 0 Å². The van der Waals surface area contributed by atoms with Gasteiger partial charge < -0.3 is 13.9 Å². The summed E-state index contributed by atoms with van der Waals surface area (Å²) in [5.41, 5.74) is 1.30. The molecule has 0 saturated heterocycles. The van der Waals surface area contributed by atoms with Crippen LogP contribution in [0.1, 0.15) is 42.3 Å². The number of ketones is 1. The third-order valence-electron chi connectivity index (χ3n) is 3.90. The van der Waals surface area contributed by atoms with Crippen LogP contribution in [0.25, 0.3) is 11.0 Å². The Morgan fingerprint density at radius 3 is 2.91 bits per heavy atom. The number of hydrogen-bond acceptors (Lipinski definition) is 5. The zero-order valence-corrected chi connectivity index (χ0v) is 12.7. The van der Waals surface area contributed by atoms with Crippen LogP contribution in [-0.4, -0.2) is 24.5 Å². The van der Waals surface area contributed by atoms with Crippen LogP contribution >= 0.6 is 0 Å². The van der Waals surface area contributed by atoms with Gasteiger partial charge in [0.1, 0.15) is 11.3 Å². The number of aryl methyl sites for hydroxylation is 1. The maximum Gasteiger partial charge on any atom is 0.375 e. The highest BCUT2D eigenvalue weighted by atomic mass is 16.6. The zero-order valence-electron chi connectivity index (χ0n) is 12.7. The van der Waals surface area contributed by atoms with Gasteiger partial charge in [0.15, 0.2) is 11.9 Å². The molecule has 1 aromatic carbocycles. The molecule has 0 radical (unpaired) electrons. The molecule has 1 aliphatic rings. The molecule has 0 aliphatic heterocycles. The lowest BCUT2D eigenvalue weighted by atomic mass is 10.1. The Hall–Kier alpha value is -2.30. The Morgan fingerprint density at radius 1 is 1.41 bits per heavy atom. The molecule has 5 nitrogen and oxygen atoms in total. The van der Waals surface area contributed by atoms with Crippen molar-refractivity contribution in [3.05, 3.63) is 29.5 Å². The van der Waals surface area contributed by atoms with E-state index in [1.807, 2.05) is 13.0 Å². The predicted octanol–water partition coefficient (Wildman–Crippen LogP) is 3.42. The molecule has 1 aliphatic carbocycles. The van der Waals surface area contributed by atoms with Gasteiger partial charge in [0.25, 0.3) is 0 Å². The quantitative estimate of drug-likeness (QED) is 0.810. The fourth-order valence-corrected chi connectivity index (χ4v) is 2.74. The second kappa shape index (κ2) is 5.83. The van der Waals surface area contributed by atoms with Gasteiger partial charge in [0.05, 0.1) is 6.61 Å². The molecule has 22 heavy (non-hydrogen) atoms. The smallest absolute Gasteiger partial charge is 0.375 e. The molecule has 1 aromatic heterocycles. The van der Waals surface area contributed by atoms with Gasteiger partial charge in [-0.25, -0.2) is 4.79 Å². The fourth-order valence-electron chi connectivity index (χ4n) is 2.74. The number of fused-ring (bicyclic) bond motifs is 1. The minimum atomic E-state index is -0.626. The Morgan fingerprint density at radius 2 is 2.23 bits per heavy atom. The van der Waals surface area contributed by atoms with E-state index in [4.69, 9.17) is 13.9 Å². The maximum absolute atomic E-state index is 12.2. The van der Waals surface area contributed by atoms with Crippen LogP contribution < -0.4 is 4.74 Å². The van der Waals surface area contributed by atoms with Gasteiger partial charge in [-0.3, -0.25) is 4.79 Å². The molecule has 1 heterocycles. The SMILES string of the molecule is CCOc1ccc2oc(C(=O)O[C@H]3CCCC3=O)c(C)c2c1. The molecular weight excluding hydrogens is 284 g/mol. The van der Waals surface area contributed by atoms with E-state index in [2.05, 4.69) is 0 Å². The van der Waals surface area contributed by atoms with Crippen LogP contribution in [0.4, 0.5) is 0 Å². The standard InChI is InChI=1S/C17H18O5/c1-3-20-11-7-8-14-12(9-11)10(2)16(21-14)17(19)22-15-6-4-5-13(15)18/h7-9,15H,3-6H2,1-2H3/t15-/m0/s1. The largest absolute Gasteiger partial charge is 0.494 e. The number of esters is 1. The van der Waals surface area contributed by atoms with Crippen LogP contribution in [0.5, 0.6) is 5.75 Å². The number of benzene rings is 1. The van der Waals surface area contributed by atoms with Crippen molar-refractivity contribution < 1.29 is 23.5 Å². The minimum Gasteiger partial charge on any atom is -0.494 e. The van der Waals surface area contributed by atoms with Crippen molar-refractivity contribution >= 4 is 22.7 Å². The fraction of sp³-hybridized carbons (Fsp3) is 0.412. The molecule has 5 heteroatoms. The van der Waals surface area contributed by atoms with Gasteiger partial charge >= 0.3 is 5.97 Å². The lowest BCUT2D eigenvalue weighted by Gasteiger charge is -2.08. The summed E-state index contributed by atoms with van der Waals surface area (Å²) in [4.78, 5) is 23.8. The van der Waals surface area contributed by atoms with Crippen molar-refractivity contribution in [3.8, 4) is 5.75 Å². The summed E-state index contributed by atoms with van der Waals surface area (Å²) in [7, 11) is 0. The molecule has 1 saturated carbocycles. The van der Waals surface area contributed by atoms with E-state index in [1.165, 1.54) is 0 Å². The molecule has 0 unspecified atom stereocenters. The maximum atomic E-state index is 12.2. The first-order valence-corrected chi connectivity index (χ1v) is 7.49. The molecular formula is C17H18O5. The summed E-state index contributed by atoms with van der Waals surface area (Å²) in [6.07, 6.45) is 1.22. The first-order valence-electron chi connectivity index (χ1n) is 7.49. The second-order valence-corrected chi connectivity index (χ2v) is 5.40. The average molecular weight is 302 g/mol. The molecule has 0 spiro atoms. The summed E-state index contributed by atoms with van der Waals surface area (Å²) in [5.74, 6) is 0.292. The summed E-state index contributed by atoms with van der Waals surface area (Å²) in [5, 5.41) is 0.815. The van der Waals surface area contributed by atoms with Crippen molar-refractivity contribution in [1.82, 2.24) is 0 Å². The number of ether oxygens (including phenoxy) is 2. The molecule has 116 valence electrons. The van der Waals surface area contributed by atoms with E-state index < -0.39 is 12.1 Å². The number of rotatable bonds is 4. The molecule has 1 fully saturated rings. The third kappa shape index (κ3) is 2.58. The lowest BCUT2D eigenvalue weighted by Crippen LogP contribution is -2.22. The van der Waals surface area contributed by atoms with Gasteiger partial charge in [-0.2, -0.15) is 0 Å². The normalized spacial score (nSPS) is 17.9. The van der Waals surface area contributed by atoms with Crippen LogP contribution in [0.15, 0.2) is 22.6 Å². The molecule has 2 aromatic rings. The average Bonchev–Trinajstić information content (AvgIpc) is 3.04. The van der Waals surface area contributed by atoms with Gasteiger partial charge in [-0.1, -0.05) is 0 Å². The molecule has 3 rings (SSSR count). The Bertz CT molecular complexity index is 728. The molecule has 0 N–H and O–H groups in total. The monoisotopic (exact) mass is 302 g/mol. The molecule has 0 amide bonds. The molecule has 1 atom stereocenters. The van der Waals surface area contributed by atoms with E-state index in [9.17, 15) is 9.59 Å². The van der Waals surface area contributed by atoms with E-state index in [-0.39, 0.29) is 11.5 Å². The second-order valence-electron chi connectivity index (χ2n) is 5.40. The van der Waals surface area contributed by atoms with Gasteiger partial charge in [-0.15, -0.1) is 0 Å². The highest BCUT2D eigenvalue weighted by Gasteiger charge is 2.30. The van der Waals surface area contributed by atoms with Crippen LogP contribution in [0.2, 0.25) is 0 Å². The van der Waals surface area contributed by atoms with Crippen LogP contribution in [-0.2, 0) is 9.53 Å². The Balaban J connectivity index is 1.88. The summed E-state index contributed by atoms with van der Waals surface area (Å²) in [6, 6.07) is 5.41. The highest BCUT2D eigenvalue weighted by molar-refractivity contribution is 5.98. The van der Waals surface area contributed by atoms with Crippen LogP contribution in [0, 0.1) is 6.92 Å². The van der Waals surface area contributed by atoms with Gasteiger partial charge in [0, 0.05) is 17.4 Å². The van der Waals surface area contributed by atoms with E-state index >= 15 is 0 Å². The van der Waals surface area contributed by atoms with Crippen molar-refractivity contribution in [1.29, 1.82) is 0 Å². The number of furan rings is 1. The number of carbonyl (C=O) groups excluding carboxylic acids is 2. The third-order valence-corrected chi connectivity index (χ3v) is 3.90. The number of hydrogen-bond donors (Lipinski definition) is 0. The Kier molecular flexibility index (Phi) is 3.88. The lowest BCUT2D eigenvalue weighted by molar-refractivity contribution is -0.124. The van der Waals surface area contributed by atoms with E-state index in [0.717, 1.165) is 17.6 Å². The predicted molar refractivity (Wildman–Crippen MR) is 80.2 cm³/mol. The summed E-state index contributed by atoms with van der Waals surface area (Å²) < 4.78 is 16.3. The van der Waals surface area contributed by atoms with Crippen molar-refractivity contribution in [3.63, 3.8) is 0 Å². The summed E-state index contributed by atoms with van der Waals surface area (Å²) in [6.45, 7) is 4.28. The highest BCUT2D eigenvalue weighted by Crippen LogP contribution is 2.30. The Labute approximate surface area is 128 Å². The van der Waals surface area contributed by atoms with Crippen molar-refractivity contribution in [2.45, 2.75) is 39.2 Å². The van der Waals surface area contributed by atoms with E-state index in [1.54, 1.807) is 19.1 Å². The molecule has 0 bridgehead atoms.